The highest BCUT2D eigenvalue weighted by atomic mass is 35.5. The third-order valence-electron chi connectivity index (χ3n) is 3.21. The lowest BCUT2D eigenvalue weighted by Crippen LogP contribution is -2.23. The molecule has 1 rings (SSSR count). The van der Waals surface area contributed by atoms with E-state index in [9.17, 15) is 0 Å². The third-order valence-corrected chi connectivity index (χ3v) is 3.48. The summed E-state index contributed by atoms with van der Waals surface area (Å²) in [6, 6.07) is 4.33. The van der Waals surface area contributed by atoms with Gasteiger partial charge in [0.15, 0.2) is 0 Å². The highest BCUT2D eigenvalue weighted by Crippen LogP contribution is 2.24. The van der Waals surface area contributed by atoms with Gasteiger partial charge in [0.05, 0.1) is 7.11 Å². The van der Waals surface area contributed by atoms with Crippen LogP contribution < -0.4 is 4.74 Å². The van der Waals surface area contributed by atoms with E-state index in [4.69, 9.17) is 16.3 Å². The molecule has 0 fully saturated rings. The van der Waals surface area contributed by atoms with Crippen LogP contribution in [0.3, 0.4) is 0 Å². The van der Waals surface area contributed by atoms with Gasteiger partial charge in [-0.2, -0.15) is 0 Å². The van der Waals surface area contributed by atoms with Crippen molar-refractivity contribution in [1.29, 1.82) is 0 Å². The molecule has 102 valence electrons. The Balaban J connectivity index is 2.66. The van der Waals surface area contributed by atoms with Crippen molar-refractivity contribution in [2.75, 3.05) is 33.1 Å². The minimum Gasteiger partial charge on any atom is -0.496 e. The van der Waals surface area contributed by atoms with Crippen LogP contribution in [0.2, 0.25) is 0 Å². The van der Waals surface area contributed by atoms with E-state index in [0.717, 1.165) is 37.6 Å². The fourth-order valence-corrected chi connectivity index (χ4v) is 2.32. The number of rotatable bonds is 7. The molecule has 1 aromatic rings. The number of hydrogen-bond donors (Lipinski definition) is 0. The standard InChI is InChI=1S/C15H24ClNO/c1-12-10-13(2)14(15(11-12)18-4)6-9-17(3)8-5-7-16/h10-11H,5-9H2,1-4H3. The van der Waals surface area contributed by atoms with Crippen molar-refractivity contribution in [2.45, 2.75) is 26.7 Å². The molecule has 0 radical (unpaired) electrons. The number of nitrogens with zero attached hydrogens (tertiary/aromatic N) is 1. The van der Waals surface area contributed by atoms with Crippen LogP contribution in [0.15, 0.2) is 12.1 Å². The molecule has 0 saturated heterocycles. The van der Waals surface area contributed by atoms with Crippen molar-refractivity contribution >= 4 is 11.6 Å². The van der Waals surface area contributed by atoms with Crippen molar-refractivity contribution in [3.63, 3.8) is 0 Å². The third kappa shape index (κ3) is 4.51. The number of halogens is 1. The average Bonchev–Trinajstić information content (AvgIpc) is 2.34. The summed E-state index contributed by atoms with van der Waals surface area (Å²) in [5.74, 6) is 1.75. The zero-order chi connectivity index (χ0) is 13.5. The Morgan fingerprint density at radius 2 is 1.94 bits per heavy atom. The predicted molar refractivity (Wildman–Crippen MR) is 79.0 cm³/mol. The molecule has 1 aromatic carbocycles. The smallest absolute Gasteiger partial charge is 0.122 e. The molecule has 0 aliphatic rings. The monoisotopic (exact) mass is 269 g/mol. The van der Waals surface area contributed by atoms with Gasteiger partial charge in [-0.1, -0.05) is 6.07 Å². The Labute approximate surface area is 116 Å². The molecule has 0 atom stereocenters. The van der Waals surface area contributed by atoms with E-state index in [1.807, 2.05) is 0 Å². The number of hydrogen-bond acceptors (Lipinski definition) is 2. The molecule has 18 heavy (non-hydrogen) atoms. The molecular weight excluding hydrogens is 246 g/mol. The normalized spacial score (nSPS) is 11.0. The summed E-state index contributed by atoms with van der Waals surface area (Å²) in [6.45, 7) is 6.35. The Bertz CT molecular complexity index is 379. The molecular formula is C15H24ClNO. The van der Waals surface area contributed by atoms with Crippen LogP contribution in [0.1, 0.15) is 23.1 Å². The molecule has 0 bridgehead atoms. The molecule has 0 amide bonds. The number of ether oxygens (including phenoxy) is 1. The predicted octanol–water partition coefficient (Wildman–Crippen LogP) is 3.42. The number of likely N-dealkylation sites (N-methyl/N-ethyl adjacent to an activating group) is 1. The van der Waals surface area contributed by atoms with Gasteiger partial charge >= 0.3 is 0 Å². The second kappa shape index (κ2) is 7.65. The van der Waals surface area contributed by atoms with Crippen LogP contribution in [-0.2, 0) is 6.42 Å². The fraction of sp³-hybridized carbons (Fsp3) is 0.600. The largest absolute Gasteiger partial charge is 0.496 e. The minimum atomic E-state index is 0.733. The van der Waals surface area contributed by atoms with Crippen molar-refractivity contribution in [2.24, 2.45) is 0 Å². The molecule has 0 spiro atoms. The van der Waals surface area contributed by atoms with Crippen LogP contribution >= 0.6 is 11.6 Å². The maximum absolute atomic E-state index is 5.71. The second-order valence-corrected chi connectivity index (χ2v) is 5.24. The number of aryl methyl sites for hydroxylation is 2. The minimum absolute atomic E-state index is 0.733. The first-order valence-electron chi connectivity index (χ1n) is 6.47. The van der Waals surface area contributed by atoms with Crippen molar-refractivity contribution in [3.8, 4) is 5.75 Å². The van der Waals surface area contributed by atoms with Gasteiger partial charge < -0.3 is 9.64 Å². The van der Waals surface area contributed by atoms with Gasteiger partial charge in [0.1, 0.15) is 5.75 Å². The number of methoxy groups -OCH3 is 1. The zero-order valence-corrected chi connectivity index (χ0v) is 12.7. The van der Waals surface area contributed by atoms with Crippen LogP contribution in [0.5, 0.6) is 5.75 Å². The van der Waals surface area contributed by atoms with Crippen LogP contribution in [-0.4, -0.2) is 38.0 Å². The average molecular weight is 270 g/mol. The molecule has 0 heterocycles. The van der Waals surface area contributed by atoms with E-state index < -0.39 is 0 Å². The van der Waals surface area contributed by atoms with Gasteiger partial charge in [-0.25, -0.2) is 0 Å². The van der Waals surface area contributed by atoms with Gasteiger partial charge in [-0.15, -0.1) is 11.6 Å². The molecule has 0 aliphatic heterocycles. The summed E-state index contributed by atoms with van der Waals surface area (Å²) in [7, 11) is 3.89. The first kappa shape index (κ1) is 15.3. The second-order valence-electron chi connectivity index (χ2n) is 4.86. The summed E-state index contributed by atoms with van der Waals surface area (Å²) in [4.78, 5) is 2.32. The van der Waals surface area contributed by atoms with Crippen LogP contribution in [0.4, 0.5) is 0 Å². The van der Waals surface area contributed by atoms with E-state index in [1.165, 1.54) is 16.7 Å². The van der Waals surface area contributed by atoms with Gasteiger partial charge in [0.25, 0.3) is 0 Å². The fourth-order valence-electron chi connectivity index (χ4n) is 2.21. The Kier molecular flexibility index (Phi) is 6.51. The van der Waals surface area contributed by atoms with Crippen molar-refractivity contribution in [1.82, 2.24) is 4.90 Å². The summed E-state index contributed by atoms with van der Waals surface area (Å²) in [5.41, 5.74) is 3.89. The molecule has 0 unspecified atom stereocenters. The Morgan fingerprint density at radius 1 is 1.22 bits per heavy atom. The SMILES string of the molecule is COc1cc(C)cc(C)c1CCN(C)CCCCl. The first-order chi connectivity index (χ1) is 8.58. The molecule has 0 N–H and O–H groups in total. The van der Waals surface area contributed by atoms with Gasteiger partial charge in [-0.3, -0.25) is 0 Å². The van der Waals surface area contributed by atoms with E-state index in [0.29, 0.717) is 0 Å². The lowest BCUT2D eigenvalue weighted by atomic mass is 10.0. The van der Waals surface area contributed by atoms with Gasteiger partial charge in [0.2, 0.25) is 0 Å². The van der Waals surface area contributed by atoms with Crippen molar-refractivity contribution < 1.29 is 4.74 Å². The van der Waals surface area contributed by atoms with Crippen LogP contribution in [0.25, 0.3) is 0 Å². The summed E-state index contributed by atoms with van der Waals surface area (Å²) in [6.07, 6.45) is 2.07. The summed E-state index contributed by atoms with van der Waals surface area (Å²) >= 11 is 5.71. The zero-order valence-electron chi connectivity index (χ0n) is 11.9. The quantitative estimate of drug-likeness (QED) is 0.704. The van der Waals surface area contributed by atoms with Gasteiger partial charge in [-0.05, 0) is 63.0 Å². The molecule has 0 aromatic heterocycles. The topological polar surface area (TPSA) is 12.5 Å². The van der Waals surface area contributed by atoms with E-state index in [1.54, 1.807) is 7.11 Å². The number of alkyl halides is 1. The maximum atomic E-state index is 5.71. The highest BCUT2D eigenvalue weighted by Gasteiger charge is 2.08. The maximum Gasteiger partial charge on any atom is 0.122 e. The Morgan fingerprint density at radius 3 is 2.56 bits per heavy atom. The van der Waals surface area contributed by atoms with E-state index >= 15 is 0 Å². The number of benzene rings is 1. The molecule has 3 heteroatoms. The highest BCUT2D eigenvalue weighted by molar-refractivity contribution is 6.17. The molecule has 2 nitrogen and oxygen atoms in total. The Hall–Kier alpha value is -0.730. The molecule has 0 aliphatic carbocycles. The van der Waals surface area contributed by atoms with Crippen LogP contribution in [0, 0.1) is 13.8 Å². The van der Waals surface area contributed by atoms with Crippen molar-refractivity contribution in [3.05, 3.63) is 28.8 Å². The van der Waals surface area contributed by atoms with E-state index in [2.05, 4.69) is 37.9 Å². The molecule has 0 saturated carbocycles. The lowest BCUT2D eigenvalue weighted by Gasteiger charge is -2.18. The van der Waals surface area contributed by atoms with Gasteiger partial charge in [0, 0.05) is 12.4 Å². The lowest BCUT2D eigenvalue weighted by molar-refractivity contribution is 0.336. The van der Waals surface area contributed by atoms with E-state index in [-0.39, 0.29) is 0 Å². The summed E-state index contributed by atoms with van der Waals surface area (Å²) < 4.78 is 5.48. The summed E-state index contributed by atoms with van der Waals surface area (Å²) in [5, 5.41) is 0. The first-order valence-corrected chi connectivity index (χ1v) is 7.00.